The van der Waals surface area contributed by atoms with Gasteiger partial charge in [-0.15, -0.1) is 0 Å². The van der Waals surface area contributed by atoms with Crippen molar-refractivity contribution >= 4 is 12.1 Å². The van der Waals surface area contributed by atoms with Crippen molar-refractivity contribution in [2.45, 2.75) is 32.1 Å². The van der Waals surface area contributed by atoms with Crippen molar-refractivity contribution in [3.63, 3.8) is 0 Å². The van der Waals surface area contributed by atoms with E-state index in [1.54, 1.807) is 0 Å². The third-order valence-corrected chi connectivity index (χ3v) is 2.28. The van der Waals surface area contributed by atoms with Crippen LogP contribution >= 0.6 is 0 Å². The second kappa shape index (κ2) is 6.93. The quantitative estimate of drug-likeness (QED) is 0.504. The van der Waals surface area contributed by atoms with E-state index in [2.05, 4.69) is 0 Å². The summed E-state index contributed by atoms with van der Waals surface area (Å²) in [6.45, 7) is 0. The molecule has 0 saturated carbocycles. The van der Waals surface area contributed by atoms with Gasteiger partial charge in [0.05, 0.1) is 0 Å². The molecule has 0 N–H and O–H groups in total. The molecule has 0 atom stereocenters. The fourth-order valence-corrected chi connectivity index (χ4v) is 1.43. The van der Waals surface area contributed by atoms with E-state index in [0.29, 0.717) is 12.8 Å². The van der Waals surface area contributed by atoms with Crippen LogP contribution in [0.3, 0.4) is 0 Å². The van der Waals surface area contributed by atoms with Gasteiger partial charge in [-0.05, 0) is 12.8 Å². The normalized spacial score (nSPS) is 9.87. The Kier molecular flexibility index (Phi) is 5.38. The Balaban J connectivity index is 2.22. The molecule has 0 saturated heterocycles. The van der Waals surface area contributed by atoms with Gasteiger partial charge in [0.25, 0.3) is 0 Å². The van der Waals surface area contributed by atoms with Crippen LogP contribution in [0.25, 0.3) is 0 Å². The van der Waals surface area contributed by atoms with Crippen LogP contribution in [0.5, 0.6) is 0 Å². The molecule has 1 rings (SSSR count). The Morgan fingerprint density at radius 3 is 2.47 bits per heavy atom. The monoisotopic (exact) mass is 203 g/mol. The Labute approximate surface area is 90.3 Å². The van der Waals surface area contributed by atoms with Crippen molar-refractivity contribution in [2.75, 3.05) is 0 Å². The fourth-order valence-electron chi connectivity index (χ4n) is 1.43. The van der Waals surface area contributed by atoms with Crippen LogP contribution in [0, 0.1) is 0 Å². The third kappa shape index (κ3) is 4.54. The molecular formula is C13H15O2. The van der Waals surface area contributed by atoms with Gasteiger partial charge in [0.15, 0.2) is 12.1 Å². The van der Waals surface area contributed by atoms with Crippen LogP contribution in [0.1, 0.15) is 42.5 Å². The smallest absolute Gasteiger partial charge is 0.198 e. The average molecular weight is 203 g/mol. The summed E-state index contributed by atoms with van der Waals surface area (Å²) in [4.78, 5) is 21.5. The van der Waals surface area contributed by atoms with Gasteiger partial charge in [-0.1, -0.05) is 36.8 Å². The van der Waals surface area contributed by atoms with E-state index < -0.39 is 0 Å². The van der Waals surface area contributed by atoms with Crippen molar-refractivity contribution in [3.05, 3.63) is 35.9 Å². The van der Waals surface area contributed by atoms with E-state index in [4.69, 9.17) is 0 Å². The number of hydrogen-bond acceptors (Lipinski definition) is 2. The van der Waals surface area contributed by atoms with Crippen LogP contribution in [-0.2, 0) is 4.79 Å². The summed E-state index contributed by atoms with van der Waals surface area (Å²) in [5.74, 6) is 0.186. The lowest BCUT2D eigenvalue weighted by atomic mass is 10.0. The summed E-state index contributed by atoms with van der Waals surface area (Å²) in [7, 11) is 0. The van der Waals surface area contributed by atoms with Gasteiger partial charge >= 0.3 is 0 Å². The zero-order valence-corrected chi connectivity index (χ0v) is 8.74. The lowest BCUT2D eigenvalue weighted by molar-refractivity contribution is 0.0979. The number of ketones is 1. The molecule has 0 unspecified atom stereocenters. The molecule has 0 aromatic heterocycles. The first-order valence-electron chi connectivity index (χ1n) is 5.28. The minimum absolute atomic E-state index is 0.186. The first-order chi connectivity index (χ1) is 7.34. The summed E-state index contributed by atoms with van der Waals surface area (Å²) in [6.07, 6.45) is 5.53. The van der Waals surface area contributed by atoms with Crippen LogP contribution in [0.15, 0.2) is 30.3 Å². The van der Waals surface area contributed by atoms with Gasteiger partial charge in [-0.2, -0.15) is 0 Å². The zero-order valence-electron chi connectivity index (χ0n) is 8.74. The van der Waals surface area contributed by atoms with E-state index in [1.807, 2.05) is 36.6 Å². The van der Waals surface area contributed by atoms with E-state index in [9.17, 15) is 9.59 Å². The van der Waals surface area contributed by atoms with Gasteiger partial charge in [0.1, 0.15) is 0 Å². The van der Waals surface area contributed by atoms with Crippen molar-refractivity contribution < 1.29 is 9.59 Å². The number of unbranched alkanes of at least 4 members (excludes halogenated alkanes) is 3. The summed E-state index contributed by atoms with van der Waals surface area (Å²) in [5, 5.41) is 0. The second-order valence-electron chi connectivity index (χ2n) is 3.49. The highest BCUT2D eigenvalue weighted by molar-refractivity contribution is 5.95. The molecule has 0 spiro atoms. The molecule has 2 heteroatoms. The predicted molar refractivity (Wildman–Crippen MR) is 59.6 cm³/mol. The Morgan fingerprint density at radius 2 is 1.80 bits per heavy atom. The maximum Gasteiger partial charge on any atom is 0.198 e. The number of carbonyl (C=O) groups is 1. The van der Waals surface area contributed by atoms with Crippen molar-refractivity contribution in [1.29, 1.82) is 0 Å². The second-order valence-corrected chi connectivity index (χ2v) is 3.49. The first kappa shape index (κ1) is 11.6. The average Bonchev–Trinajstić information content (AvgIpc) is 2.30. The minimum Gasteiger partial charge on any atom is -0.294 e. The minimum atomic E-state index is 0.186. The number of benzene rings is 1. The Morgan fingerprint density at radius 1 is 1.07 bits per heavy atom. The maximum atomic E-state index is 11.6. The highest BCUT2D eigenvalue weighted by atomic mass is 16.1. The molecule has 0 aliphatic rings. The molecule has 1 aromatic carbocycles. The predicted octanol–water partition coefficient (Wildman–Crippen LogP) is 2.93. The lowest BCUT2D eigenvalue weighted by Crippen LogP contribution is -1.98. The van der Waals surface area contributed by atoms with Gasteiger partial charge < -0.3 is 0 Å². The number of carbonyl (C=O) groups excluding carboxylic acids is 2. The Bertz CT molecular complexity index is 304. The standard InChI is InChI=1S/C13H15O2/c14-11-7-2-1-6-10-13(15)12-8-4-3-5-9-12/h3-5,8-9H,1-2,6-7,10H2. The Hall–Kier alpha value is -1.44. The van der Waals surface area contributed by atoms with Crippen molar-refractivity contribution in [3.8, 4) is 0 Å². The molecule has 0 aliphatic heterocycles. The fraction of sp³-hybridized carbons (Fsp3) is 0.385. The molecular weight excluding hydrogens is 188 g/mol. The van der Waals surface area contributed by atoms with E-state index >= 15 is 0 Å². The third-order valence-electron chi connectivity index (χ3n) is 2.28. The van der Waals surface area contributed by atoms with Crippen LogP contribution in [0.2, 0.25) is 0 Å². The van der Waals surface area contributed by atoms with Crippen LogP contribution < -0.4 is 0 Å². The van der Waals surface area contributed by atoms with Crippen LogP contribution in [-0.4, -0.2) is 12.1 Å². The molecule has 0 aliphatic carbocycles. The van der Waals surface area contributed by atoms with E-state index in [0.717, 1.165) is 24.8 Å². The molecule has 79 valence electrons. The molecule has 1 radical (unpaired) electrons. The van der Waals surface area contributed by atoms with E-state index in [-0.39, 0.29) is 5.78 Å². The first-order valence-corrected chi connectivity index (χ1v) is 5.28. The van der Waals surface area contributed by atoms with E-state index in [1.165, 1.54) is 0 Å². The van der Waals surface area contributed by atoms with Gasteiger partial charge in [0, 0.05) is 18.4 Å². The molecule has 0 amide bonds. The summed E-state index contributed by atoms with van der Waals surface area (Å²) >= 11 is 0. The summed E-state index contributed by atoms with van der Waals surface area (Å²) in [5.41, 5.74) is 0.777. The number of rotatable bonds is 7. The number of hydrogen-bond donors (Lipinski definition) is 0. The van der Waals surface area contributed by atoms with Gasteiger partial charge in [-0.25, -0.2) is 0 Å². The molecule has 0 bridgehead atoms. The van der Waals surface area contributed by atoms with Crippen molar-refractivity contribution in [2.24, 2.45) is 0 Å². The van der Waals surface area contributed by atoms with Crippen LogP contribution in [0.4, 0.5) is 0 Å². The topological polar surface area (TPSA) is 34.1 Å². The highest BCUT2D eigenvalue weighted by Crippen LogP contribution is 2.08. The lowest BCUT2D eigenvalue weighted by Gasteiger charge is -1.99. The largest absolute Gasteiger partial charge is 0.294 e. The molecule has 15 heavy (non-hydrogen) atoms. The molecule has 0 heterocycles. The molecule has 0 fully saturated rings. The molecule has 1 aromatic rings. The SMILES string of the molecule is O=[C]CCCCCC(=O)c1ccccc1. The summed E-state index contributed by atoms with van der Waals surface area (Å²) < 4.78 is 0. The molecule has 2 nitrogen and oxygen atoms in total. The zero-order chi connectivity index (χ0) is 10.9. The summed E-state index contributed by atoms with van der Waals surface area (Å²) in [6, 6.07) is 9.31. The van der Waals surface area contributed by atoms with Crippen molar-refractivity contribution in [1.82, 2.24) is 0 Å². The maximum absolute atomic E-state index is 11.6. The van der Waals surface area contributed by atoms with Gasteiger partial charge in [0.2, 0.25) is 0 Å². The van der Waals surface area contributed by atoms with Gasteiger partial charge in [-0.3, -0.25) is 9.59 Å². The highest BCUT2D eigenvalue weighted by Gasteiger charge is 2.03. The number of Topliss-reactive ketones (excluding diaryl/α,β-unsaturated/α-hetero) is 1.